The molecule has 0 spiro atoms. The summed E-state index contributed by atoms with van der Waals surface area (Å²) in [5.74, 6) is -1.31. The average Bonchev–Trinajstić information content (AvgIpc) is 2.36. The van der Waals surface area contributed by atoms with Gasteiger partial charge < -0.3 is 21.3 Å². The normalized spacial score (nSPS) is 13.7. The lowest BCUT2D eigenvalue weighted by atomic mass is 10.1. The van der Waals surface area contributed by atoms with Crippen LogP contribution in [0.5, 0.6) is 5.75 Å². The molecule has 1 rings (SSSR count). The van der Waals surface area contributed by atoms with E-state index in [0.29, 0.717) is 5.75 Å². The highest BCUT2D eigenvalue weighted by Crippen LogP contribution is 2.10. The van der Waals surface area contributed by atoms with E-state index >= 15 is 0 Å². The largest absolute Gasteiger partial charge is 0.480 e. The highest BCUT2D eigenvalue weighted by Gasteiger charge is 2.19. The monoisotopic (exact) mass is 252 g/mol. The molecule has 0 aromatic heterocycles. The number of hydrogen-bond donors (Lipinski definition) is 3. The third-order valence-electron chi connectivity index (χ3n) is 2.37. The van der Waals surface area contributed by atoms with E-state index in [9.17, 15) is 9.59 Å². The number of carbonyl (C=O) groups excluding carboxylic acids is 1. The predicted octanol–water partition coefficient (Wildman–Crippen LogP) is 0.111. The third kappa shape index (κ3) is 4.52. The van der Waals surface area contributed by atoms with Crippen LogP contribution in [0.2, 0.25) is 0 Å². The Morgan fingerprint density at radius 1 is 1.11 bits per heavy atom. The van der Waals surface area contributed by atoms with Crippen LogP contribution in [0.25, 0.3) is 0 Å². The molecule has 2 atom stereocenters. The van der Waals surface area contributed by atoms with Crippen molar-refractivity contribution in [3.8, 4) is 5.75 Å². The van der Waals surface area contributed by atoms with Gasteiger partial charge in [0.25, 0.3) is 0 Å². The smallest absolute Gasteiger partial charge is 0.328 e. The van der Waals surface area contributed by atoms with Crippen LogP contribution in [0.1, 0.15) is 12.8 Å². The van der Waals surface area contributed by atoms with Crippen LogP contribution < -0.4 is 16.2 Å². The molecule has 1 aromatic rings. The Morgan fingerprint density at radius 3 is 2.22 bits per heavy atom. The van der Waals surface area contributed by atoms with Gasteiger partial charge in [0.2, 0.25) is 0 Å². The molecule has 6 heteroatoms. The minimum atomic E-state index is -1.11. The second-order valence-corrected chi connectivity index (χ2v) is 3.86. The Balaban J connectivity index is 2.40. The van der Waals surface area contributed by atoms with Crippen molar-refractivity contribution in [3.63, 3.8) is 0 Å². The number of rotatable bonds is 6. The summed E-state index contributed by atoms with van der Waals surface area (Å²) in [7, 11) is 0. The summed E-state index contributed by atoms with van der Waals surface area (Å²) in [6.45, 7) is 0. The number of esters is 1. The van der Waals surface area contributed by atoms with Crippen LogP contribution in [0.4, 0.5) is 0 Å². The van der Waals surface area contributed by atoms with Crippen LogP contribution in [-0.4, -0.2) is 29.1 Å². The van der Waals surface area contributed by atoms with Crippen molar-refractivity contribution in [3.05, 3.63) is 30.3 Å². The molecule has 0 aliphatic heterocycles. The summed E-state index contributed by atoms with van der Waals surface area (Å²) in [4.78, 5) is 22.1. The Labute approximate surface area is 105 Å². The summed E-state index contributed by atoms with van der Waals surface area (Å²) in [6.07, 6.45) is 0.291. The molecule has 0 fully saturated rings. The number of hydrogen-bond acceptors (Lipinski definition) is 5. The molecular formula is C12H16N2O4. The van der Waals surface area contributed by atoms with Crippen molar-refractivity contribution >= 4 is 11.9 Å². The van der Waals surface area contributed by atoms with Crippen LogP contribution in [0.15, 0.2) is 30.3 Å². The van der Waals surface area contributed by atoms with Gasteiger partial charge in [-0.05, 0) is 25.0 Å². The molecule has 0 saturated heterocycles. The number of carboxylic acids is 1. The van der Waals surface area contributed by atoms with Gasteiger partial charge in [-0.1, -0.05) is 18.2 Å². The second-order valence-electron chi connectivity index (χ2n) is 3.86. The van der Waals surface area contributed by atoms with Crippen LogP contribution >= 0.6 is 0 Å². The van der Waals surface area contributed by atoms with E-state index in [2.05, 4.69) is 0 Å². The van der Waals surface area contributed by atoms with Gasteiger partial charge in [-0.25, -0.2) is 4.79 Å². The molecule has 0 saturated carbocycles. The fourth-order valence-corrected chi connectivity index (χ4v) is 1.28. The quantitative estimate of drug-likeness (QED) is 0.489. The van der Waals surface area contributed by atoms with Gasteiger partial charge in [-0.3, -0.25) is 4.79 Å². The van der Waals surface area contributed by atoms with E-state index in [4.69, 9.17) is 21.3 Å². The van der Waals surface area contributed by atoms with Crippen LogP contribution in [0.3, 0.4) is 0 Å². The summed E-state index contributed by atoms with van der Waals surface area (Å²) in [5, 5.41) is 8.59. The molecule has 1 aromatic carbocycles. The van der Waals surface area contributed by atoms with E-state index < -0.39 is 24.0 Å². The fourth-order valence-electron chi connectivity index (χ4n) is 1.28. The molecule has 0 bridgehead atoms. The molecule has 0 aliphatic carbocycles. The van der Waals surface area contributed by atoms with Crippen molar-refractivity contribution < 1.29 is 19.4 Å². The molecule has 0 heterocycles. The number of benzene rings is 1. The lowest BCUT2D eigenvalue weighted by Crippen LogP contribution is -2.38. The molecular weight excluding hydrogens is 236 g/mol. The van der Waals surface area contributed by atoms with Crippen molar-refractivity contribution in [2.75, 3.05) is 0 Å². The Bertz CT molecular complexity index is 408. The molecule has 6 nitrogen and oxygen atoms in total. The maximum absolute atomic E-state index is 11.6. The standard InChI is InChI=1S/C12H16N2O4/c13-9(11(15)16)6-7-10(14)12(17)18-8-4-2-1-3-5-8/h1-5,9-10H,6-7,13-14H2,(H,15,16)/t9-,10?/m0/s1. The van der Waals surface area contributed by atoms with Gasteiger partial charge in [0, 0.05) is 0 Å². The SMILES string of the molecule is NC(CC[C@H](N)C(=O)O)C(=O)Oc1ccccc1. The van der Waals surface area contributed by atoms with Crippen LogP contribution in [0, 0.1) is 0 Å². The first kappa shape index (κ1) is 14.1. The van der Waals surface area contributed by atoms with E-state index in [1.54, 1.807) is 30.3 Å². The Kier molecular flexibility index (Phi) is 5.29. The Hall–Kier alpha value is -1.92. The van der Waals surface area contributed by atoms with E-state index in [0.717, 1.165) is 0 Å². The zero-order valence-corrected chi connectivity index (χ0v) is 9.78. The van der Waals surface area contributed by atoms with Gasteiger partial charge in [0.05, 0.1) is 0 Å². The number of nitrogens with two attached hydrogens (primary N) is 2. The highest BCUT2D eigenvalue weighted by atomic mass is 16.5. The lowest BCUT2D eigenvalue weighted by molar-refractivity contribution is -0.140. The number of ether oxygens (including phenoxy) is 1. The zero-order chi connectivity index (χ0) is 13.5. The maximum Gasteiger partial charge on any atom is 0.328 e. The molecule has 98 valence electrons. The van der Waals surface area contributed by atoms with Gasteiger partial charge in [0.15, 0.2) is 0 Å². The average molecular weight is 252 g/mol. The van der Waals surface area contributed by atoms with Gasteiger partial charge in [-0.2, -0.15) is 0 Å². The van der Waals surface area contributed by atoms with E-state index in [-0.39, 0.29) is 12.8 Å². The molecule has 18 heavy (non-hydrogen) atoms. The Morgan fingerprint density at radius 2 is 1.67 bits per heavy atom. The van der Waals surface area contributed by atoms with Gasteiger partial charge >= 0.3 is 11.9 Å². The number of aliphatic carboxylic acids is 1. The summed E-state index contributed by atoms with van der Waals surface area (Å²) in [6, 6.07) is 6.63. The molecule has 0 amide bonds. The van der Waals surface area contributed by atoms with E-state index in [1.807, 2.05) is 0 Å². The number of carbonyl (C=O) groups is 2. The summed E-state index contributed by atoms with van der Waals surface area (Å²) in [5.41, 5.74) is 10.9. The topological polar surface area (TPSA) is 116 Å². The van der Waals surface area contributed by atoms with Crippen molar-refractivity contribution in [1.82, 2.24) is 0 Å². The first-order valence-electron chi connectivity index (χ1n) is 5.51. The number of para-hydroxylation sites is 1. The van der Waals surface area contributed by atoms with Gasteiger partial charge in [0.1, 0.15) is 17.8 Å². The van der Waals surface area contributed by atoms with E-state index in [1.165, 1.54) is 0 Å². The molecule has 0 radical (unpaired) electrons. The molecule has 0 aliphatic rings. The first-order valence-corrected chi connectivity index (χ1v) is 5.51. The first-order chi connectivity index (χ1) is 8.50. The molecule has 5 N–H and O–H groups in total. The summed E-state index contributed by atoms with van der Waals surface area (Å²) < 4.78 is 5.02. The zero-order valence-electron chi connectivity index (χ0n) is 9.78. The minimum absolute atomic E-state index is 0.125. The lowest BCUT2D eigenvalue weighted by Gasteiger charge is -2.12. The molecule has 1 unspecified atom stereocenters. The number of carboxylic acid groups (broad SMARTS) is 1. The predicted molar refractivity (Wildman–Crippen MR) is 64.9 cm³/mol. The maximum atomic E-state index is 11.6. The second kappa shape index (κ2) is 6.73. The highest BCUT2D eigenvalue weighted by molar-refractivity contribution is 5.78. The van der Waals surface area contributed by atoms with Crippen LogP contribution in [-0.2, 0) is 9.59 Å². The minimum Gasteiger partial charge on any atom is -0.480 e. The third-order valence-corrected chi connectivity index (χ3v) is 2.37. The van der Waals surface area contributed by atoms with Crippen molar-refractivity contribution in [1.29, 1.82) is 0 Å². The van der Waals surface area contributed by atoms with Gasteiger partial charge in [-0.15, -0.1) is 0 Å². The van der Waals surface area contributed by atoms with Crippen molar-refractivity contribution in [2.24, 2.45) is 11.5 Å². The summed E-state index contributed by atoms with van der Waals surface area (Å²) >= 11 is 0. The van der Waals surface area contributed by atoms with Crippen molar-refractivity contribution in [2.45, 2.75) is 24.9 Å². The fraction of sp³-hybridized carbons (Fsp3) is 0.333.